The summed E-state index contributed by atoms with van der Waals surface area (Å²) in [6.45, 7) is 1.88. The molecular formula is C12H10INO2S. The molecule has 2 N–H and O–H groups in total. The Morgan fingerprint density at radius 3 is 2.76 bits per heavy atom. The summed E-state index contributed by atoms with van der Waals surface area (Å²) in [5, 5.41) is 14.2. The van der Waals surface area contributed by atoms with Crippen LogP contribution in [0, 0.1) is 9.81 Å². The summed E-state index contributed by atoms with van der Waals surface area (Å²) in [5.74, 6) is -0.119. The van der Waals surface area contributed by atoms with E-state index < -0.39 is 0 Å². The molecule has 0 radical (unpaired) electrons. The molecule has 0 atom stereocenters. The van der Waals surface area contributed by atoms with Gasteiger partial charge in [-0.1, -0.05) is 6.07 Å². The number of nitrogens with one attached hydrogen (secondary N) is 1. The number of aromatic hydroxyl groups is 1. The molecule has 88 valence electrons. The molecule has 17 heavy (non-hydrogen) atoms. The van der Waals surface area contributed by atoms with Crippen molar-refractivity contribution >= 4 is 45.5 Å². The second kappa shape index (κ2) is 5.05. The number of hydrogen-bond donors (Lipinski definition) is 2. The van der Waals surface area contributed by atoms with Crippen molar-refractivity contribution in [2.75, 3.05) is 5.32 Å². The number of aryl methyl sites for hydroxylation is 1. The van der Waals surface area contributed by atoms with E-state index in [1.165, 1.54) is 11.3 Å². The molecule has 1 aromatic heterocycles. The molecule has 2 rings (SSSR count). The van der Waals surface area contributed by atoms with Crippen molar-refractivity contribution in [3.8, 4) is 5.75 Å². The number of phenols is 1. The SMILES string of the molecule is Cc1ccc(NC(=O)c2csc(I)c2)c(O)c1. The van der Waals surface area contributed by atoms with Gasteiger partial charge in [-0.05, 0) is 53.3 Å². The number of anilines is 1. The van der Waals surface area contributed by atoms with Crippen molar-refractivity contribution in [1.29, 1.82) is 0 Å². The number of thiophene rings is 1. The molecule has 1 aromatic carbocycles. The van der Waals surface area contributed by atoms with Crippen molar-refractivity contribution in [2.24, 2.45) is 0 Å². The van der Waals surface area contributed by atoms with Crippen LogP contribution in [0.5, 0.6) is 5.75 Å². The normalized spacial score (nSPS) is 10.2. The van der Waals surface area contributed by atoms with Crippen LogP contribution in [0.2, 0.25) is 0 Å². The fraction of sp³-hybridized carbons (Fsp3) is 0.0833. The molecule has 0 bridgehead atoms. The number of amides is 1. The van der Waals surface area contributed by atoms with Crippen LogP contribution < -0.4 is 5.32 Å². The van der Waals surface area contributed by atoms with Gasteiger partial charge in [0.2, 0.25) is 0 Å². The molecule has 0 aliphatic heterocycles. The van der Waals surface area contributed by atoms with Crippen molar-refractivity contribution in [3.63, 3.8) is 0 Å². The van der Waals surface area contributed by atoms with Crippen LogP contribution in [0.25, 0.3) is 0 Å². The maximum Gasteiger partial charge on any atom is 0.256 e. The van der Waals surface area contributed by atoms with Crippen molar-refractivity contribution in [3.05, 3.63) is 43.7 Å². The lowest BCUT2D eigenvalue weighted by Crippen LogP contribution is -2.10. The number of carbonyl (C=O) groups is 1. The second-order valence-corrected chi connectivity index (χ2v) is 6.42. The minimum absolute atomic E-state index is 0.0864. The van der Waals surface area contributed by atoms with Gasteiger partial charge in [0.15, 0.2) is 0 Å². The molecule has 0 aliphatic carbocycles. The molecular weight excluding hydrogens is 349 g/mol. The zero-order valence-corrected chi connectivity index (χ0v) is 12.0. The Labute approximate surface area is 117 Å². The Hall–Kier alpha value is -1.08. The Balaban J connectivity index is 2.18. The van der Waals surface area contributed by atoms with E-state index >= 15 is 0 Å². The van der Waals surface area contributed by atoms with Gasteiger partial charge in [-0.15, -0.1) is 11.3 Å². The summed E-state index contributed by atoms with van der Waals surface area (Å²) in [5.41, 5.74) is 1.99. The minimum Gasteiger partial charge on any atom is -0.506 e. The molecule has 1 amide bonds. The first-order chi connectivity index (χ1) is 8.06. The van der Waals surface area contributed by atoms with E-state index in [-0.39, 0.29) is 11.7 Å². The first-order valence-electron chi connectivity index (χ1n) is 4.91. The van der Waals surface area contributed by atoms with Crippen LogP contribution in [0.1, 0.15) is 15.9 Å². The lowest BCUT2D eigenvalue weighted by molar-refractivity contribution is 0.102. The second-order valence-electron chi connectivity index (χ2n) is 3.61. The van der Waals surface area contributed by atoms with Gasteiger partial charge in [-0.3, -0.25) is 4.79 Å². The average Bonchev–Trinajstić information content (AvgIpc) is 2.69. The smallest absolute Gasteiger partial charge is 0.256 e. The van der Waals surface area contributed by atoms with Crippen molar-refractivity contribution < 1.29 is 9.90 Å². The molecule has 0 saturated carbocycles. The van der Waals surface area contributed by atoms with Gasteiger partial charge in [0.1, 0.15) is 5.75 Å². The van der Waals surface area contributed by atoms with Crippen molar-refractivity contribution in [2.45, 2.75) is 6.92 Å². The van der Waals surface area contributed by atoms with Crippen LogP contribution in [-0.4, -0.2) is 11.0 Å². The third kappa shape index (κ3) is 2.98. The predicted molar refractivity (Wildman–Crippen MR) is 77.8 cm³/mol. The Morgan fingerprint density at radius 1 is 1.41 bits per heavy atom. The highest BCUT2D eigenvalue weighted by molar-refractivity contribution is 14.1. The maximum absolute atomic E-state index is 11.8. The lowest BCUT2D eigenvalue weighted by atomic mass is 10.2. The van der Waals surface area contributed by atoms with E-state index in [1.54, 1.807) is 17.5 Å². The fourth-order valence-corrected chi connectivity index (χ4v) is 2.70. The van der Waals surface area contributed by atoms with Gasteiger partial charge in [-0.25, -0.2) is 0 Å². The highest BCUT2D eigenvalue weighted by Gasteiger charge is 2.10. The lowest BCUT2D eigenvalue weighted by Gasteiger charge is -2.06. The van der Waals surface area contributed by atoms with E-state index in [4.69, 9.17) is 0 Å². The van der Waals surface area contributed by atoms with Crippen LogP contribution in [0.15, 0.2) is 29.6 Å². The van der Waals surface area contributed by atoms with Gasteiger partial charge >= 0.3 is 0 Å². The molecule has 0 saturated heterocycles. The minimum atomic E-state index is -0.205. The molecule has 1 heterocycles. The van der Waals surface area contributed by atoms with E-state index in [9.17, 15) is 9.90 Å². The highest BCUT2D eigenvalue weighted by atomic mass is 127. The van der Waals surface area contributed by atoms with E-state index in [0.717, 1.165) is 8.45 Å². The molecule has 0 aliphatic rings. The summed E-state index contributed by atoms with van der Waals surface area (Å²) in [4.78, 5) is 11.8. The Kier molecular flexibility index (Phi) is 3.68. The quantitative estimate of drug-likeness (QED) is 0.636. The average molecular weight is 359 g/mol. The molecule has 2 aromatic rings. The summed E-state index contributed by atoms with van der Waals surface area (Å²) in [7, 11) is 0. The van der Waals surface area contributed by atoms with Crippen LogP contribution >= 0.6 is 33.9 Å². The number of halogens is 1. The standard InChI is InChI=1S/C12H10INO2S/c1-7-2-3-9(10(15)4-7)14-12(16)8-5-11(13)17-6-8/h2-6,15H,1H3,(H,14,16). The Morgan fingerprint density at radius 2 is 2.18 bits per heavy atom. The fourth-order valence-electron chi connectivity index (χ4n) is 1.37. The van der Waals surface area contributed by atoms with Gasteiger partial charge in [0.25, 0.3) is 5.91 Å². The number of rotatable bonds is 2. The van der Waals surface area contributed by atoms with Gasteiger partial charge < -0.3 is 10.4 Å². The van der Waals surface area contributed by atoms with E-state index in [0.29, 0.717) is 11.3 Å². The summed E-state index contributed by atoms with van der Waals surface area (Å²) in [6.07, 6.45) is 0. The van der Waals surface area contributed by atoms with Crippen LogP contribution in [0.3, 0.4) is 0 Å². The molecule has 0 spiro atoms. The zero-order chi connectivity index (χ0) is 12.4. The molecule has 0 fully saturated rings. The van der Waals surface area contributed by atoms with E-state index in [1.807, 2.05) is 19.1 Å². The van der Waals surface area contributed by atoms with Gasteiger partial charge in [0.05, 0.1) is 14.1 Å². The number of hydrogen-bond acceptors (Lipinski definition) is 3. The highest BCUT2D eigenvalue weighted by Crippen LogP contribution is 2.25. The summed E-state index contributed by atoms with van der Waals surface area (Å²) >= 11 is 3.68. The topological polar surface area (TPSA) is 49.3 Å². The zero-order valence-electron chi connectivity index (χ0n) is 9.03. The largest absolute Gasteiger partial charge is 0.506 e. The summed E-state index contributed by atoms with van der Waals surface area (Å²) in [6, 6.07) is 6.96. The monoisotopic (exact) mass is 359 g/mol. The first-order valence-corrected chi connectivity index (χ1v) is 6.87. The molecule has 3 nitrogen and oxygen atoms in total. The van der Waals surface area contributed by atoms with Gasteiger partial charge in [-0.2, -0.15) is 0 Å². The first kappa shape index (κ1) is 12.4. The molecule has 0 unspecified atom stereocenters. The third-order valence-electron chi connectivity index (χ3n) is 2.23. The predicted octanol–water partition coefficient (Wildman–Crippen LogP) is 3.62. The number of benzene rings is 1. The maximum atomic E-state index is 11.8. The number of carbonyl (C=O) groups excluding carboxylic acids is 1. The number of phenolic OH excluding ortho intramolecular Hbond substituents is 1. The summed E-state index contributed by atoms with van der Waals surface area (Å²) < 4.78 is 1.06. The van der Waals surface area contributed by atoms with Crippen LogP contribution in [0.4, 0.5) is 5.69 Å². The van der Waals surface area contributed by atoms with Gasteiger partial charge in [0, 0.05) is 5.38 Å². The molecule has 5 heteroatoms. The Bertz CT molecular complexity index is 565. The van der Waals surface area contributed by atoms with E-state index in [2.05, 4.69) is 27.9 Å². The van der Waals surface area contributed by atoms with Crippen molar-refractivity contribution in [1.82, 2.24) is 0 Å². The third-order valence-corrected chi connectivity index (χ3v) is 4.02. The van der Waals surface area contributed by atoms with Crippen LogP contribution in [-0.2, 0) is 0 Å².